The van der Waals surface area contributed by atoms with E-state index in [0.717, 1.165) is 31.5 Å². The van der Waals surface area contributed by atoms with Gasteiger partial charge in [0.05, 0.1) is 17.7 Å². The molecule has 5 heteroatoms. The normalized spacial score (nSPS) is 16.4. The number of hydrogen-bond donors (Lipinski definition) is 1. The molecule has 4 nitrogen and oxygen atoms in total. The van der Waals surface area contributed by atoms with Crippen molar-refractivity contribution >= 4 is 17.6 Å². The average molecular weight is 346 g/mol. The average Bonchev–Trinajstić information content (AvgIpc) is 2.63. The van der Waals surface area contributed by atoms with Gasteiger partial charge in [0.15, 0.2) is 0 Å². The zero-order valence-corrected chi connectivity index (χ0v) is 14.3. The summed E-state index contributed by atoms with van der Waals surface area (Å²) in [4.78, 5) is 12.7. The molecule has 1 saturated heterocycles. The Morgan fingerprint density at radius 2 is 1.83 bits per heavy atom. The zero-order valence-electron chi connectivity index (χ0n) is 13.5. The van der Waals surface area contributed by atoms with Gasteiger partial charge < -0.3 is 14.8 Å². The molecule has 0 aromatic heterocycles. The van der Waals surface area contributed by atoms with Crippen LogP contribution in [0.5, 0.6) is 5.75 Å². The van der Waals surface area contributed by atoms with Crippen LogP contribution in [0.2, 0.25) is 5.02 Å². The molecule has 0 saturated carbocycles. The highest BCUT2D eigenvalue weighted by molar-refractivity contribution is 6.32. The molecular formula is C19H20ClNO3. The van der Waals surface area contributed by atoms with Crippen LogP contribution >= 0.6 is 11.6 Å². The molecule has 3 rings (SSSR count). The van der Waals surface area contributed by atoms with Crippen LogP contribution in [0.3, 0.4) is 0 Å². The zero-order chi connectivity index (χ0) is 17.0. The van der Waals surface area contributed by atoms with E-state index < -0.39 is 5.60 Å². The fourth-order valence-corrected chi connectivity index (χ4v) is 3.24. The molecule has 1 heterocycles. The lowest BCUT2D eigenvalue weighted by Crippen LogP contribution is -2.43. The quantitative estimate of drug-likeness (QED) is 0.857. The minimum Gasteiger partial charge on any atom is -0.495 e. The van der Waals surface area contributed by atoms with Crippen molar-refractivity contribution in [2.75, 3.05) is 20.2 Å². The molecule has 0 radical (unpaired) electrons. The van der Waals surface area contributed by atoms with Gasteiger partial charge in [-0.25, -0.2) is 4.79 Å². The molecule has 2 aromatic rings. The number of piperidine rings is 1. The first-order chi connectivity index (χ1) is 11.6. The fraction of sp³-hybridized carbons (Fsp3) is 0.316. The summed E-state index contributed by atoms with van der Waals surface area (Å²) in [5.41, 5.74) is 0.863. The van der Waals surface area contributed by atoms with E-state index in [-0.39, 0.29) is 5.97 Å². The maximum absolute atomic E-state index is 12.7. The molecule has 0 bridgehead atoms. The molecule has 0 amide bonds. The number of hydrogen-bond acceptors (Lipinski definition) is 4. The molecular weight excluding hydrogens is 326 g/mol. The summed E-state index contributed by atoms with van der Waals surface area (Å²) < 4.78 is 11.2. The Hall–Kier alpha value is -2.04. The summed E-state index contributed by atoms with van der Waals surface area (Å²) in [7, 11) is 1.52. The maximum Gasteiger partial charge on any atom is 0.339 e. The topological polar surface area (TPSA) is 47.6 Å². The van der Waals surface area contributed by atoms with Gasteiger partial charge in [-0.3, -0.25) is 0 Å². The van der Waals surface area contributed by atoms with Gasteiger partial charge >= 0.3 is 5.97 Å². The fourth-order valence-electron chi connectivity index (χ4n) is 3.05. The summed E-state index contributed by atoms with van der Waals surface area (Å²) in [6.45, 7) is 1.62. The Labute approximate surface area is 146 Å². The van der Waals surface area contributed by atoms with E-state index in [2.05, 4.69) is 5.32 Å². The molecule has 1 N–H and O–H groups in total. The highest BCUT2D eigenvalue weighted by Crippen LogP contribution is 2.36. The molecule has 0 aliphatic carbocycles. The first-order valence-corrected chi connectivity index (χ1v) is 8.35. The first-order valence-electron chi connectivity index (χ1n) is 7.98. The van der Waals surface area contributed by atoms with E-state index in [0.29, 0.717) is 16.3 Å². The highest BCUT2D eigenvalue weighted by atomic mass is 35.5. The molecule has 1 aliphatic rings. The third-order valence-electron chi connectivity index (χ3n) is 4.39. The number of ether oxygens (including phenoxy) is 2. The maximum atomic E-state index is 12.7. The molecule has 0 unspecified atom stereocenters. The van der Waals surface area contributed by atoms with Crippen LogP contribution in [0.25, 0.3) is 0 Å². The number of benzene rings is 2. The Balaban J connectivity index is 1.89. The highest BCUT2D eigenvalue weighted by Gasteiger charge is 2.38. The van der Waals surface area contributed by atoms with Crippen molar-refractivity contribution < 1.29 is 14.3 Å². The van der Waals surface area contributed by atoms with E-state index >= 15 is 0 Å². The van der Waals surface area contributed by atoms with E-state index in [1.54, 1.807) is 18.2 Å². The van der Waals surface area contributed by atoms with Crippen molar-refractivity contribution in [3.63, 3.8) is 0 Å². The molecule has 0 spiro atoms. The van der Waals surface area contributed by atoms with Gasteiger partial charge in [-0.15, -0.1) is 0 Å². The number of carbonyl (C=O) groups is 1. The molecule has 1 fully saturated rings. The minimum atomic E-state index is -0.601. The standard InChI is InChI=1S/C19H20ClNO3/c1-23-17-13-14(7-8-16(17)20)18(22)24-19(9-11-21-12-10-19)15-5-3-2-4-6-15/h2-8,13,21H,9-12H2,1H3. The SMILES string of the molecule is COc1cc(C(=O)OC2(c3ccccc3)CCNCC2)ccc1Cl. The molecule has 2 aromatic carbocycles. The van der Waals surface area contributed by atoms with Crippen molar-refractivity contribution in [2.45, 2.75) is 18.4 Å². The van der Waals surface area contributed by atoms with Crippen LogP contribution < -0.4 is 10.1 Å². The van der Waals surface area contributed by atoms with Crippen molar-refractivity contribution in [2.24, 2.45) is 0 Å². The van der Waals surface area contributed by atoms with Gasteiger partial charge in [0, 0.05) is 12.8 Å². The summed E-state index contributed by atoms with van der Waals surface area (Å²) in [6.07, 6.45) is 1.49. The second-order valence-electron chi connectivity index (χ2n) is 5.85. The predicted molar refractivity (Wildman–Crippen MR) is 93.6 cm³/mol. The largest absolute Gasteiger partial charge is 0.495 e. The third kappa shape index (κ3) is 3.40. The van der Waals surface area contributed by atoms with E-state index in [4.69, 9.17) is 21.1 Å². The second kappa shape index (κ2) is 7.24. The lowest BCUT2D eigenvalue weighted by Gasteiger charge is -2.37. The van der Waals surface area contributed by atoms with Crippen LogP contribution in [0.4, 0.5) is 0 Å². The first kappa shape index (κ1) is 16.8. The number of carbonyl (C=O) groups excluding carboxylic acids is 1. The Morgan fingerprint density at radius 1 is 1.12 bits per heavy atom. The van der Waals surface area contributed by atoms with Crippen LogP contribution in [-0.4, -0.2) is 26.2 Å². The van der Waals surface area contributed by atoms with E-state index in [1.165, 1.54) is 7.11 Å². The van der Waals surface area contributed by atoms with Gasteiger partial charge in [0.1, 0.15) is 11.4 Å². The summed E-state index contributed by atoms with van der Waals surface area (Å²) in [5.74, 6) is 0.0981. The summed E-state index contributed by atoms with van der Waals surface area (Å²) in [6, 6.07) is 14.9. The van der Waals surface area contributed by atoms with Crippen molar-refractivity contribution in [1.82, 2.24) is 5.32 Å². The summed E-state index contributed by atoms with van der Waals surface area (Å²) >= 11 is 6.03. The Morgan fingerprint density at radius 3 is 2.50 bits per heavy atom. The number of methoxy groups -OCH3 is 1. The van der Waals surface area contributed by atoms with Crippen molar-refractivity contribution in [1.29, 1.82) is 0 Å². The van der Waals surface area contributed by atoms with Gasteiger partial charge in [0.2, 0.25) is 0 Å². The lowest BCUT2D eigenvalue weighted by molar-refractivity contribution is -0.0378. The molecule has 0 atom stereocenters. The summed E-state index contributed by atoms with van der Waals surface area (Å²) in [5, 5.41) is 3.79. The van der Waals surface area contributed by atoms with Crippen LogP contribution in [0, 0.1) is 0 Å². The number of halogens is 1. The van der Waals surface area contributed by atoms with Crippen LogP contribution in [0.15, 0.2) is 48.5 Å². The smallest absolute Gasteiger partial charge is 0.339 e. The number of esters is 1. The van der Waals surface area contributed by atoms with Crippen LogP contribution in [0.1, 0.15) is 28.8 Å². The second-order valence-corrected chi connectivity index (χ2v) is 6.26. The number of rotatable bonds is 4. The molecule has 126 valence electrons. The van der Waals surface area contributed by atoms with E-state index in [1.807, 2.05) is 30.3 Å². The van der Waals surface area contributed by atoms with Crippen molar-refractivity contribution in [3.05, 3.63) is 64.7 Å². The van der Waals surface area contributed by atoms with Gasteiger partial charge in [-0.05, 0) is 36.9 Å². The van der Waals surface area contributed by atoms with Gasteiger partial charge in [-0.2, -0.15) is 0 Å². The van der Waals surface area contributed by atoms with Crippen molar-refractivity contribution in [3.8, 4) is 5.75 Å². The Kier molecular flexibility index (Phi) is 5.07. The van der Waals surface area contributed by atoms with Gasteiger partial charge in [0.25, 0.3) is 0 Å². The van der Waals surface area contributed by atoms with Gasteiger partial charge in [-0.1, -0.05) is 41.9 Å². The monoisotopic (exact) mass is 345 g/mol. The third-order valence-corrected chi connectivity index (χ3v) is 4.70. The number of nitrogens with one attached hydrogen (secondary N) is 1. The predicted octanol–water partition coefficient (Wildman–Crippen LogP) is 3.78. The molecule has 1 aliphatic heterocycles. The minimum absolute atomic E-state index is 0.365. The lowest BCUT2D eigenvalue weighted by atomic mass is 9.84. The van der Waals surface area contributed by atoms with E-state index in [9.17, 15) is 4.79 Å². The molecule has 24 heavy (non-hydrogen) atoms. The Bertz CT molecular complexity index is 712. The van der Waals surface area contributed by atoms with Crippen LogP contribution in [-0.2, 0) is 10.3 Å².